The molecule has 2 aromatic rings. The van der Waals surface area contributed by atoms with E-state index in [9.17, 15) is 14.7 Å². The third-order valence-corrected chi connectivity index (χ3v) is 4.06. The zero-order chi connectivity index (χ0) is 18.7. The number of nitrogens with one attached hydrogen (secondary N) is 1. The average Bonchev–Trinajstić information content (AvgIpc) is 2.65. The fraction of sp³-hybridized carbons (Fsp3) is 0.263. The van der Waals surface area contributed by atoms with Crippen LogP contribution in [0.5, 0.6) is 17.2 Å². The molecule has 0 saturated carbocycles. The lowest BCUT2D eigenvalue weighted by molar-refractivity contribution is -0.133. The number of aromatic carboxylic acids is 1. The predicted octanol–water partition coefficient (Wildman–Crippen LogP) is 2.24. The molecule has 1 aliphatic heterocycles. The Balaban J connectivity index is 1.68. The van der Waals surface area contributed by atoms with Gasteiger partial charge < -0.3 is 24.6 Å². The number of carbonyl (C=O) groups excluding carboxylic acids is 1. The van der Waals surface area contributed by atoms with E-state index in [-0.39, 0.29) is 23.8 Å². The number of para-hydroxylation sites is 2. The molecule has 2 aromatic carbocycles. The van der Waals surface area contributed by atoms with Gasteiger partial charge in [-0.05, 0) is 36.8 Å². The van der Waals surface area contributed by atoms with Crippen molar-refractivity contribution in [2.24, 2.45) is 0 Å². The first kappa shape index (κ1) is 17.6. The standard InChI is InChI=1S/C19H19NO6/c1-11-17(26-16-6-4-3-5-15(16)25-11)18(21)20-10-12-7-8-14(24-2)13(9-12)19(22)23/h3-9,11,17H,10H2,1-2H3,(H,20,21)(H,22,23)/t11-,17+/m0/s1. The zero-order valence-electron chi connectivity index (χ0n) is 14.4. The third kappa shape index (κ3) is 3.56. The lowest BCUT2D eigenvalue weighted by Gasteiger charge is -2.31. The molecule has 0 unspecified atom stereocenters. The molecule has 7 nitrogen and oxygen atoms in total. The van der Waals surface area contributed by atoms with Crippen molar-refractivity contribution in [3.05, 3.63) is 53.6 Å². The van der Waals surface area contributed by atoms with E-state index in [1.54, 1.807) is 37.3 Å². The molecule has 0 saturated heterocycles. The molecule has 0 aliphatic carbocycles. The lowest BCUT2D eigenvalue weighted by atomic mass is 10.1. The van der Waals surface area contributed by atoms with Crippen molar-refractivity contribution in [3.8, 4) is 17.2 Å². The first-order valence-corrected chi connectivity index (χ1v) is 8.10. The highest BCUT2D eigenvalue weighted by Crippen LogP contribution is 2.33. The molecule has 2 N–H and O–H groups in total. The fourth-order valence-electron chi connectivity index (χ4n) is 2.73. The fourth-order valence-corrected chi connectivity index (χ4v) is 2.73. The van der Waals surface area contributed by atoms with Gasteiger partial charge in [-0.15, -0.1) is 0 Å². The van der Waals surface area contributed by atoms with E-state index in [1.807, 2.05) is 6.07 Å². The van der Waals surface area contributed by atoms with E-state index in [0.29, 0.717) is 17.1 Å². The van der Waals surface area contributed by atoms with Crippen LogP contribution < -0.4 is 19.5 Å². The molecule has 1 aliphatic rings. The van der Waals surface area contributed by atoms with Crippen LogP contribution in [0.1, 0.15) is 22.8 Å². The van der Waals surface area contributed by atoms with Crippen LogP contribution in [0.2, 0.25) is 0 Å². The molecule has 7 heteroatoms. The first-order valence-electron chi connectivity index (χ1n) is 8.10. The largest absolute Gasteiger partial charge is 0.496 e. The van der Waals surface area contributed by atoms with Gasteiger partial charge in [-0.2, -0.15) is 0 Å². The number of ether oxygens (including phenoxy) is 3. The summed E-state index contributed by atoms with van der Waals surface area (Å²) in [5.41, 5.74) is 0.681. The summed E-state index contributed by atoms with van der Waals surface area (Å²) in [7, 11) is 1.41. The molecular formula is C19H19NO6. The number of fused-ring (bicyclic) bond motifs is 1. The number of benzene rings is 2. The minimum atomic E-state index is -1.09. The number of carboxylic acid groups (broad SMARTS) is 1. The Hall–Kier alpha value is -3.22. The Morgan fingerprint density at radius 2 is 1.85 bits per heavy atom. The number of carboxylic acids is 1. The molecule has 0 aromatic heterocycles. The molecule has 0 bridgehead atoms. The number of carbonyl (C=O) groups is 2. The van der Waals surface area contributed by atoms with Crippen molar-refractivity contribution >= 4 is 11.9 Å². The number of methoxy groups -OCH3 is 1. The number of hydrogen-bond donors (Lipinski definition) is 2. The highest BCUT2D eigenvalue weighted by Gasteiger charge is 2.33. The summed E-state index contributed by atoms with van der Waals surface area (Å²) in [5.74, 6) is -0.0422. The highest BCUT2D eigenvalue weighted by atomic mass is 16.6. The molecule has 1 amide bonds. The Labute approximate surface area is 150 Å². The van der Waals surface area contributed by atoms with E-state index in [0.717, 1.165) is 0 Å². The van der Waals surface area contributed by atoms with Crippen molar-refractivity contribution in [1.29, 1.82) is 0 Å². The molecule has 136 valence electrons. The van der Waals surface area contributed by atoms with E-state index in [2.05, 4.69) is 5.32 Å². The van der Waals surface area contributed by atoms with Gasteiger partial charge in [0, 0.05) is 6.54 Å². The summed E-state index contributed by atoms with van der Waals surface area (Å²) in [6, 6.07) is 11.9. The Kier molecular flexibility index (Phi) is 4.97. The van der Waals surface area contributed by atoms with E-state index in [1.165, 1.54) is 13.2 Å². The van der Waals surface area contributed by atoms with Gasteiger partial charge in [0.1, 0.15) is 17.4 Å². The third-order valence-electron chi connectivity index (χ3n) is 4.06. The monoisotopic (exact) mass is 357 g/mol. The van der Waals surface area contributed by atoms with Gasteiger partial charge in [0.05, 0.1) is 7.11 Å². The second kappa shape index (κ2) is 7.35. The molecule has 0 fully saturated rings. The zero-order valence-corrected chi connectivity index (χ0v) is 14.4. The SMILES string of the molecule is COc1ccc(CNC(=O)[C@@H]2Oc3ccccc3O[C@H]2C)cc1C(=O)O. The summed E-state index contributed by atoms with van der Waals surface area (Å²) in [5, 5.41) is 12.0. The summed E-state index contributed by atoms with van der Waals surface area (Å²) in [6.45, 7) is 1.92. The topological polar surface area (TPSA) is 94.1 Å². The minimum Gasteiger partial charge on any atom is -0.496 e. The summed E-state index contributed by atoms with van der Waals surface area (Å²) in [4.78, 5) is 23.8. The second-order valence-electron chi connectivity index (χ2n) is 5.87. The summed E-state index contributed by atoms with van der Waals surface area (Å²) < 4.78 is 16.5. The smallest absolute Gasteiger partial charge is 0.339 e. The lowest BCUT2D eigenvalue weighted by Crippen LogP contribution is -2.48. The molecule has 3 rings (SSSR count). The summed E-state index contributed by atoms with van der Waals surface area (Å²) >= 11 is 0. The van der Waals surface area contributed by atoms with Crippen LogP contribution in [-0.4, -0.2) is 36.3 Å². The van der Waals surface area contributed by atoms with Crippen molar-refractivity contribution < 1.29 is 28.9 Å². The average molecular weight is 357 g/mol. The molecule has 0 radical (unpaired) electrons. The van der Waals surface area contributed by atoms with Crippen molar-refractivity contribution in [3.63, 3.8) is 0 Å². The van der Waals surface area contributed by atoms with Crippen LogP contribution in [0.25, 0.3) is 0 Å². The van der Waals surface area contributed by atoms with E-state index >= 15 is 0 Å². The highest BCUT2D eigenvalue weighted by molar-refractivity contribution is 5.91. The number of hydrogen-bond acceptors (Lipinski definition) is 5. The van der Waals surface area contributed by atoms with Gasteiger partial charge in [-0.3, -0.25) is 4.79 Å². The predicted molar refractivity (Wildman–Crippen MR) is 92.7 cm³/mol. The molecule has 2 atom stereocenters. The Bertz CT molecular complexity index is 835. The van der Waals surface area contributed by atoms with Gasteiger partial charge in [0.2, 0.25) is 6.10 Å². The van der Waals surface area contributed by atoms with Gasteiger partial charge in [0.15, 0.2) is 11.5 Å². The first-order chi connectivity index (χ1) is 12.5. The van der Waals surface area contributed by atoms with Gasteiger partial charge in [-0.1, -0.05) is 18.2 Å². The molecule has 1 heterocycles. The summed E-state index contributed by atoms with van der Waals surface area (Å²) in [6.07, 6.45) is -1.24. The van der Waals surface area contributed by atoms with Crippen molar-refractivity contribution in [2.45, 2.75) is 25.7 Å². The molecular weight excluding hydrogens is 338 g/mol. The number of amides is 1. The second-order valence-corrected chi connectivity index (χ2v) is 5.87. The van der Waals surface area contributed by atoms with Crippen LogP contribution in [0, 0.1) is 0 Å². The van der Waals surface area contributed by atoms with Crippen molar-refractivity contribution in [1.82, 2.24) is 5.32 Å². The van der Waals surface area contributed by atoms with Gasteiger partial charge >= 0.3 is 5.97 Å². The minimum absolute atomic E-state index is 0.0406. The Morgan fingerprint density at radius 3 is 2.50 bits per heavy atom. The van der Waals surface area contributed by atoms with Crippen LogP contribution in [-0.2, 0) is 11.3 Å². The van der Waals surface area contributed by atoms with Gasteiger partial charge in [-0.25, -0.2) is 4.79 Å². The van der Waals surface area contributed by atoms with Crippen LogP contribution in [0.4, 0.5) is 0 Å². The Morgan fingerprint density at radius 1 is 1.15 bits per heavy atom. The van der Waals surface area contributed by atoms with Crippen LogP contribution >= 0.6 is 0 Å². The van der Waals surface area contributed by atoms with Gasteiger partial charge in [0.25, 0.3) is 5.91 Å². The van der Waals surface area contributed by atoms with Crippen LogP contribution in [0.15, 0.2) is 42.5 Å². The van der Waals surface area contributed by atoms with E-state index < -0.39 is 18.2 Å². The van der Waals surface area contributed by atoms with Crippen molar-refractivity contribution in [2.75, 3.05) is 7.11 Å². The maximum Gasteiger partial charge on any atom is 0.339 e. The maximum atomic E-state index is 12.5. The van der Waals surface area contributed by atoms with E-state index in [4.69, 9.17) is 14.2 Å². The van der Waals surface area contributed by atoms with Crippen LogP contribution in [0.3, 0.4) is 0 Å². The quantitative estimate of drug-likeness (QED) is 0.852. The normalized spacial score (nSPS) is 18.1. The maximum absolute atomic E-state index is 12.5. The molecule has 0 spiro atoms. The molecule has 26 heavy (non-hydrogen) atoms. The number of rotatable bonds is 5.